The summed E-state index contributed by atoms with van der Waals surface area (Å²) in [5.74, 6) is 1.47. The topological polar surface area (TPSA) is 370 Å². The third-order valence-electron chi connectivity index (χ3n) is 11.9. The van der Waals surface area contributed by atoms with Gasteiger partial charge in [0.05, 0.1) is 63.7 Å². The molecule has 3 amide bonds. The van der Waals surface area contributed by atoms with Crippen LogP contribution in [0.25, 0.3) is 17.5 Å². The molecule has 0 unspecified atom stereocenters. The number of amides is 3. The van der Waals surface area contributed by atoms with Crippen molar-refractivity contribution in [2.45, 2.75) is 20.0 Å². The molecule has 32 heteroatoms. The molecule has 8 aromatic heterocycles. The predicted molar refractivity (Wildman–Crippen MR) is 317 cm³/mol. The lowest BCUT2D eigenvalue weighted by atomic mass is 10.1. The summed E-state index contributed by atoms with van der Waals surface area (Å²) >= 11 is 18.0. The van der Waals surface area contributed by atoms with Crippen LogP contribution in [-0.4, -0.2) is 160 Å². The number of rotatable bonds is 16. The fraction of sp³-hybridized carbons (Fsp3) is 0.158. The number of aromatic nitrogens is 14. The van der Waals surface area contributed by atoms with Gasteiger partial charge in [-0.05, 0) is 74.5 Å². The normalized spacial score (nSPS) is 11.6. The summed E-state index contributed by atoms with van der Waals surface area (Å²) in [6.45, 7) is 6.87. The van der Waals surface area contributed by atoms with Crippen LogP contribution in [0, 0.1) is 36.0 Å². The molecule has 9 heterocycles. The lowest BCUT2D eigenvalue weighted by Gasteiger charge is -2.26. The van der Waals surface area contributed by atoms with Crippen LogP contribution in [0.1, 0.15) is 93.3 Å². The smallest absolute Gasteiger partial charge is 0.359 e. The molecule has 1 aromatic carbocycles. The Morgan fingerprint density at radius 1 is 0.629 bits per heavy atom. The van der Waals surface area contributed by atoms with Crippen molar-refractivity contribution in [1.82, 2.24) is 74.1 Å². The monoisotopic (exact) mass is 1260 g/mol. The lowest BCUT2D eigenvalue weighted by Crippen LogP contribution is -2.38. The standard InChI is InChI=1S/C22H20ClN7O4.C19H15ClN6O3.C16H9ClN6O3/c1-2-15-13-17(25-21(31)16-3-4-18(28-27-16)30-6-5-24-14-30)19(26-20(15)23)22(32)34-12-9-29-7-10-33-11-8-29;1-4-12-9-14(16(23-17(12)20)19(28)29-11(2)3)22-18(27)13-5-6-15(25-24-13)26-8-7-21-10-26;17-11-6-13(10(16(25)26)5-9(11)7-18)20-15(24)12-1-2-14(22-21-12)23-4-3-19-8-23/h1,3-6,13-14H,7-12H2,(H,25,31);1,5-11H,2-3H3,(H,22,27);1-6,8H,(H,20,24)(H,25,26). The Morgan fingerprint density at radius 3 is 1.44 bits per heavy atom. The number of esters is 2. The zero-order valence-corrected chi connectivity index (χ0v) is 48.6. The van der Waals surface area contributed by atoms with E-state index in [1.54, 1.807) is 102 Å². The Kier molecular flexibility index (Phi) is 21.5. The third-order valence-corrected chi connectivity index (χ3v) is 12.8. The average molecular weight is 1260 g/mol. The van der Waals surface area contributed by atoms with Crippen LogP contribution in [0.5, 0.6) is 0 Å². The number of hydrogen-bond acceptors (Lipinski definition) is 22. The number of morpholine rings is 1. The zero-order chi connectivity index (χ0) is 63.6. The zero-order valence-electron chi connectivity index (χ0n) is 46.4. The van der Waals surface area contributed by atoms with E-state index >= 15 is 0 Å². The Bertz CT molecular complexity index is 4170. The molecule has 89 heavy (non-hydrogen) atoms. The van der Waals surface area contributed by atoms with Gasteiger partial charge in [0.25, 0.3) is 17.7 Å². The van der Waals surface area contributed by atoms with Gasteiger partial charge in [-0.1, -0.05) is 46.6 Å². The van der Waals surface area contributed by atoms with E-state index in [0.717, 1.165) is 19.2 Å². The number of nitrogens with one attached hydrogen (secondary N) is 3. The number of carboxylic acid groups (broad SMARTS) is 1. The lowest BCUT2D eigenvalue weighted by molar-refractivity contribution is 0.0193. The van der Waals surface area contributed by atoms with E-state index in [2.05, 4.69) is 88.2 Å². The van der Waals surface area contributed by atoms with Crippen molar-refractivity contribution < 1.29 is 48.1 Å². The quantitative estimate of drug-likeness (QED) is 0.0483. The molecule has 1 fully saturated rings. The van der Waals surface area contributed by atoms with Gasteiger partial charge in [-0.3, -0.25) is 33.0 Å². The molecule has 29 nitrogen and oxygen atoms in total. The van der Waals surface area contributed by atoms with Crippen molar-refractivity contribution in [1.29, 1.82) is 5.26 Å². The van der Waals surface area contributed by atoms with Gasteiger partial charge in [-0.15, -0.1) is 43.4 Å². The fourth-order valence-electron chi connectivity index (χ4n) is 7.55. The molecule has 448 valence electrons. The summed E-state index contributed by atoms with van der Waals surface area (Å²) in [7, 11) is 0. The summed E-state index contributed by atoms with van der Waals surface area (Å²) in [4.78, 5) is 96.0. The first kappa shape index (κ1) is 63.6. The first-order valence-corrected chi connectivity index (χ1v) is 27.0. The summed E-state index contributed by atoms with van der Waals surface area (Å²) in [5.41, 5.74) is -0.0968. The minimum atomic E-state index is -1.31. The van der Waals surface area contributed by atoms with Crippen molar-refractivity contribution in [3.8, 4) is 48.2 Å². The molecule has 0 spiro atoms. The number of aromatic carboxylic acids is 1. The number of imidazole rings is 3. The van der Waals surface area contributed by atoms with E-state index in [1.807, 2.05) is 0 Å². The second-order valence-electron chi connectivity index (χ2n) is 18.2. The number of nitriles is 1. The number of halogens is 3. The number of nitrogens with zero attached hydrogens (tertiary/aromatic N) is 16. The molecule has 1 aliphatic heterocycles. The molecule has 4 N–H and O–H groups in total. The highest BCUT2D eigenvalue weighted by Gasteiger charge is 2.25. The molecule has 0 aliphatic carbocycles. The van der Waals surface area contributed by atoms with Crippen molar-refractivity contribution in [2.24, 2.45) is 0 Å². The van der Waals surface area contributed by atoms with Crippen LogP contribution >= 0.6 is 34.8 Å². The molecule has 1 aliphatic rings. The van der Waals surface area contributed by atoms with Crippen LogP contribution in [0.3, 0.4) is 0 Å². The number of carboxylic acids is 1. The molecule has 10 rings (SSSR count). The number of benzene rings is 1. The van der Waals surface area contributed by atoms with Gasteiger partial charge in [0.15, 0.2) is 45.9 Å². The molecule has 0 radical (unpaired) electrons. The van der Waals surface area contributed by atoms with Crippen molar-refractivity contribution in [3.05, 3.63) is 183 Å². The van der Waals surface area contributed by atoms with Crippen molar-refractivity contribution in [3.63, 3.8) is 0 Å². The van der Waals surface area contributed by atoms with Crippen LogP contribution in [0.2, 0.25) is 15.3 Å². The average Bonchev–Trinajstić information content (AvgIpc) is 3.17. The number of ether oxygens (including phenoxy) is 3. The maximum Gasteiger partial charge on any atom is 0.359 e. The number of terminal acetylenes is 2. The van der Waals surface area contributed by atoms with Gasteiger partial charge >= 0.3 is 17.9 Å². The van der Waals surface area contributed by atoms with Gasteiger partial charge in [-0.2, -0.15) is 5.26 Å². The molecule has 0 saturated carbocycles. The van der Waals surface area contributed by atoms with Crippen LogP contribution in [0.15, 0.2) is 117 Å². The second kappa shape index (κ2) is 30.1. The molecule has 9 aromatic rings. The van der Waals surface area contributed by atoms with Gasteiger partial charge in [0.2, 0.25) is 0 Å². The second-order valence-corrected chi connectivity index (χ2v) is 19.3. The highest BCUT2D eigenvalue weighted by molar-refractivity contribution is 6.32. The van der Waals surface area contributed by atoms with Gasteiger partial charge in [0, 0.05) is 56.8 Å². The Hall–Kier alpha value is -11.4. The van der Waals surface area contributed by atoms with Gasteiger partial charge in [0.1, 0.15) is 42.0 Å². The first-order chi connectivity index (χ1) is 42.9. The van der Waals surface area contributed by atoms with Crippen molar-refractivity contribution >= 4 is 87.5 Å². The predicted octanol–water partition coefficient (Wildman–Crippen LogP) is 6.08. The minimum Gasteiger partial charge on any atom is -0.478 e. The third kappa shape index (κ3) is 16.7. The number of hydrogen-bond donors (Lipinski definition) is 4. The van der Waals surface area contributed by atoms with Crippen molar-refractivity contribution in [2.75, 3.05) is 55.4 Å². The maximum absolute atomic E-state index is 12.8. The van der Waals surface area contributed by atoms with E-state index in [-0.39, 0.29) is 95.8 Å². The summed E-state index contributed by atoms with van der Waals surface area (Å²) in [6.07, 6.45) is 24.9. The van der Waals surface area contributed by atoms with Crippen LogP contribution in [0.4, 0.5) is 17.1 Å². The van der Waals surface area contributed by atoms with E-state index in [4.69, 9.17) is 67.1 Å². The molecule has 0 atom stereocenters. The summed E-state index contributed by atoms with van der Waals surface area (Å²) in [6, 6.07) is 16.0. The molecule has 1 saturated heterocycles. The highest BCUT2D eigenvalue weighted by atomic mass is 35.5. The molecular formula is C57H44Cl3N19O10. The van der Waals surface area contributed by atoms with Crippen LogP contribution < -0.4 is 16.0 Å². The van der Waals surface area contributed by atoms with E-state index in [1.165, 1.54) is 42.7 Å². The fourth-order valence-corrected chi connectivity index (χ4v) is 8.14. The van der Waals surface area contributed by atoms with Crippen LogP contribution in [-0.2, 0) is 14.2 Å². The minimum absolute atomic E-state index is 0.00783. The SMILES string of the molecule is C#Cc1cc(NC(=O)c2ccc(-n3ccnc3)nn2)c(C(=O)OC(C)C)nc1Cl.C#Cc1cc(NC(=O)c2ccc(-n3ccnc3)nn2)c(C(=O)OCCN2CCOCC2)nc1Cl.N#Cc1cc(C(=O)O)c(NC(=O)c2ccc(-n3ccnc3)nn2)cc1Cl. The summed E-state index contributed by atoms with van der Waals surface area (Å²) in [5, 5.41) is 49.3. The Morgan fingerprint density at radius 2 is 1.07 bits per heavy atom. The summed E-state index contributed by atoms with van der Waals surface area (Å²) < 4.78 is 20.7. The van der Waals surface area contributed by atoms with Gasteiger partial charge in [-0.25, -0.2) is 39.3 Å². The number of carbonyl (C=O) groups excluding carboxylic acids is 5. The first-order valence-electron chi connectivity index (χ1n) is 25.8. The van der Waals surface area contributed by atoms with E-state index < -0.39 is 35.6 Å². The Labute approximate surface area is 519 Å². The maximum atomic E-state index is 12.8. The number of carbonyl (C=O) groups is 6. The molecular weight excluding hydrogens is 1220 g/mol. The van der Waals surface area contributed by atoms with E-state index in [0.29, 0.717) is 37.2 Å². The number of anilines is 3. The highest BCUT2D eigenvalue weighted by Crippen LogP contribution is 2.27. The van der Waals surface area contributed by atoms with E-state index in [9.17, 15) is 33.9 Å². The Balaban J connectivity index is 0.000000174. The molecule has 0 bridgehead atoms. The van der Waals surface area contributed by atoms with Gasteiger partial charge < -0.3 is 35.3 Å². The largest absolute Gasteiger partial charge is 0.478 e. The number of pyridine rings is 2.